The molecule has 0 aliphatic heterocycles. The third kappa shape index (κ3) is 3.00. The molecule has 0 saturated heterocycles. The van der Waals surface area contributed by atoms with Crippen LogP contribution in [0.3, 0.4) is 0 Å². The first-order chi connectivity index (χ1) is 9.63. The van der Waals surface area contributed by atoms with Crippen LogP contribution in [0.5, 0.6) is 0 Å². The number of nitrogens with zero attached hydrogens (tertiary/aromatic N) is 3. The largest absolute Gasteiger partial charge is 0.332 e. The number of hydrogen-bond acceptors (Lipinski definition) is 5. The van der Waals surface area contributed by atoms with Crippen LogP contribution in [-0.4, -0.2) is 15.5 Å². The van der Waals surface area contributed by atoms with E-state index < -0.39 is 6.04 Å². The number of hydrogen-bond donors (Lipinski definition) is 1. The molecule has 6 heteroatoms. The molecule has 0 bridgehead atoms. The Kier molecular flexibility index (Phi) is 4.43. The zero-order valence-corrected chi connectivity index (χ0v) is 12.0. The second-order valence-corrected chi connectivity index (χ2v) is 5.34. The van der Waals surface area contributed by atoms with Gasteiger partial charge in [-0.05, 0) is 23.0 Å². The van der Waals surface area contributed by atoms with Gasteiger partial charge < -0.3 is 5.32 Å². The number of carbonyl (C=O) groups excluding carboxylic acids is 1. The van der Waals surface area contributed by atoms with Crippen LogP contribution in [0.25, 0.3) is 0 Å². The topological polar surface area (TPSA) is 78.7 Å². The summed E-state index contributed by atoms with van der Waals surface area (Å²) in [4.78, 5) is 12.7. The van der Waals surface area contributed by atoms with Gasteiger partial charge in [0.05, 0.1) is 11.8 Å². The lowest BCUT2D eigenvalue weighted by atomic mass is 10.1. The van der Waals surface area contributed by atoms with E-state index in [-0.39, 0.29) is 11.8 Å². The molecular weight excluding hydrogens is 272 g/mol. The van der Waals surface area contributed by atoms with E-state index in [4.69, 9.17) is 0 Å². The zero-order chi connectivity index (χ0) is 14.5. The van der Waals surface area contributed by atoms with Crippen LogP contribution in [-0.2, 0) is 0 Å². The maximum Gasteiger partial charge on any atom is 0.266 e. The number of benzene rings is 1. The lowest BCUT2D eigenvalue weighted by Crippen LogP contribution is -2.27. The summed E-state index contributed by atoms with van der Waals surface area (Å²) in [5.74, 6) is -0.189. The molecule has 1 N–H and O–H groups in total. The third-order valence-electron chi connectivity index (χ3n) is 2.80. The standard InChI is InChI=1S/C14H14N4OS/c1-9(2)12-13(20-18-17-12)14(19)16-11(8-15)10-6-4-3-5-7-10/h3-7,9,11H,1-2H3,(H,16,19). The summed E-state index contributed by atoms with van der Waals surface area (Å²) in [5.41, 5.74) is 1.42. The molecule has 2 rings (SSSR count). The number of carbonyl (C=O) groups is 1. The molecule has 5 nitrogen and oxygen atoms in total. The molecule has 0 spiro atoms. The first-order valence-corrected chi connectivity index (χ1v) is 6.98. The van der Waals surface area contributed by atoms with Gasteiger partial charge in [-0.15, -0.1) is 5.10 Å². The van der Waals surface area contributed by atoms with E-state index in [0.29, 0.717) is 10.6 Å². The van der Waals surface area contributed by atoms with Gasteiger partial charge in [0.1, 0.15) is 10.9 Å². The average Bonchev–Trinajstić information content (AvgIpc) is 2.95. The summed E-state index contributed by atoms with van der Waals surface area (Å²) in [5, 5.41) is 15.9. The quantitative estimate of drug-likeness (QED) is 0.937. The minimum Gasteiger partial charge on any atom is -0.332 e. The predicted molar refractivity (Wildman–Crippen MR) is 76.3 cm³/mol. The minimum atomic E-state index is -0.675. The Balaban J connectivity index is 2.19. The summed E-state index contributed by atoms with van der Waals surface area (Å²) in [6.07, 6.45) is 0. The maximum absolute atomic E-state index is 12.2. The van der Waals surface area contributed by atoms with Crippen molar-refractivity contribution < 1.29 is 4.79 Å². The van der Waals surface area contributed by atoms with E-state index in [1.807, 2.05) is 44.2 Å². The van der Waals surface area contributed by atoms with Crippen molar-refractivity contribution in [1.82, 2.24) is 14.9 Å². The van der Waals surface area contributed by atoms with Gasteiger partial charge in [-0.1, -0.05) is 48.7 Å². The van der Waals surface area contributed by atoms with Crippen LogP contribution in [0.15, 0.2) is 30.3 Å². The van der Waals surface area contributed by atoms with E-state index in [1.54, 1.807) is 0 Å². The molecule has 1 atom stereocenters. The lowest BCUT2D eigenvalue weighted by Gasteiger charge is -2.11. The van der Waals surface area contributed by atoms with Crippen LogP contribution in [0, 0.1) is 11.3 Å². The van der Waals surface area contributed by atoms with Gasteiger partial charge in [0.15, 0.2) is 0 Å². The van der Waals surface area contributed by atoms with Crippen molar-refractivity contribution in [2.45, 2.75) is 25.8 Å². The van der Waals surface area contributed by atoms with Crippen molar-refractivity contribution in [3.05, 3.63) is 46.5 Å². The Labute approximate surface area is 121 Å². The molecule has 1 heterocycles. The normalized spacial score (nSPS) is 11.9. The summed E-state index contributed by atoms with van der Waals surface area (Å²) in [6.45, 7) is 3.90. The molecule has 1 aromatic carbocycles. The Morgan fingerprint density at radius 1 is 1.35 bits per heavy atom. The highest BCUT2D eigenvalue weighted by Crippen LogP contribution is 2.21. The summed E-state index contributed by atoms with van der Waals surface area (Å²) in [7, 11) is 0. The molecule has 0 aliphatic carbocycles. The second kappa shape index (κ2) is 6.26. The molecule has 1 amide bonds. The zero-order valence-electron chi connectivity index (χ0n) is 11.2. The number of nitrogens with one attached hydrogen (secondary N) is 1. The summed E-state index contributed by atoms with van der Waals surface area (Å²) in [6, 6.07) is 10.6. The van der Waals surface area contributed by atoms with Crippen molar-refractivity contribution in [3.8, 4) is 6.07 Å². The van der Waals surface area contributed by atoms with Crippen LogP contribution in [0.1, 0.15) is 46.7 Å². The number of aromatic nitrogens is 2. The number of amides is 1. The van der Waals surface area contributed by atoms with Crippen molar-refractivity contribution in [3.63, 3.8) is 0 Å². The molecule has 0 fully saturated rings. The fraction of sp³-hybridized carbons (Fsp3) is 0.286. The number of nitriles is 1. The smallest absolute Gasteiger partial charge is 0.266 e. The molecule has 0 aliphatic rings. The van der Waals surface area contributed by atoms with Crippen LogP contribution in [0.4, 0.5) is 0 Å². The Hall–Kier alpha value is -2.26. The van der Waals surface area contributed by atoms with Gasteiger partial charge in [0, 0.05) is 0 Å². The predicted octanol–water partition coefficient (Wildman–Crippen LogP) is 2.66. The van der Waals surface area contributed by atoms with E-state index in [1.165, 1.54) is 0 Å². The highest BCUT2D eigenvalue weighted by atomic mass is 32.1. The molecule has 20 heavy (non-hydrogen) atoms. The van der Waals surface area contributed by atoms with Gasteiger partial charge in [0.25, 0.3) is 5.91 Å². The minimum absolute atomic E-state index is 0.117. The van der Waals surface area contributed by atoms with Crippen molar-refractivity contribution in [1.29, 1.82) is 5.26 Å². The molecule has 1 unspecified atom stereocenters. The molecular formula is C14H14N4OS. The van der Waals surface area contributed by atoms with Crippen LogP contribution >= 0.6 is 11.5 Å². The van der Waals surface area contributed by atoms with Crippen molar-refractivity contribution in [2.75, 3.05) is 0 Å². The van der Waals surface area contributed by atoms with Gasteiger partial charge in [-0.3, -0.25) is 4.79 Å². The van der Waals surface area contributed by atoms with E-state index in [0.717, 1.165) is 17.1 Å². The van der Waals surface area contributed by atoms with Crippen molar-refractivity contribution in [2.24, 2.45) is 0 Å². The Morgan fingerprint density at radius 3 is 2.65 bits per heavy atom. The highest BCUT2D eigenvalue weighted by Gasteiger charge is 2.21. The van der Waals surface area contributed by atoms with Gasteiger partial charge in [0.2, 0.25) is 0 Å². The monoisotopic (exact) mass is 286 g/mol. The van der Waals surface area contributed by atoms with Gasteiger partial charge >= 0.3 is 0 Å². The summed E-state index contributed by atoms with van der Waals surface area (Å²) >= 11 is 1.05. The van der Waals surface area contributed by atoms with E-state index >= 15 is 0 Å². The van der Waals surface area contributed by atoms with Gasteiger partial charge in [-0.25, -0.2) is 0 Å². The first kappa shape index (κ1) is 14.2. The van der Waals surface area contributed by atoms with Gasteiger partial charge in [-0.2, -0.15) is 5.26 Å². The first-order valence-electron chi connectivity index (χ1n) is 6.21. The fourth-order valence-corrected chi connectivity index (χ4v) is 2.49. The second-order valence-electron chi connectivity index (χ2n) is 4.59. The lowest BCUT2D eigenvalue weighted by molar-refractivity contribution is 0.0947. The van der Waals surface area contributed by atoms with E-state index in [2.05, 4.69) is 21.0 Å². The fourth-order valence-electron chi connectivity index (χ4n) is 1.77. The van der Waals surface area contributed by atoms with Crippen LogP contribution in [0.2, 0.25) is 0 Å². The molecule has 2 aromatic rings. The van der Waals surface area contributed by atoms with Crippen molar-refractivity contribution >= 4 is 17.4 Å². The highest BCUT2D eigenvalue weighted by molar-refractivity contribution is 7.08. The molecule has 1 aromatic heterocycles. The number of rotatable bonds is 4. The third-order valence-corrected chi connectivity index (χ3v) is 3.54. The average molecular weight is 286 g/mol. The van der Waals surface area contributed by atoms with Crippen LogP contribution < -0.4 is 5.32 Å². The molecule has 0 radical (unpaired) electrons. The molecule has 102 valence electrons. The maximum atomic E-state index is 12.2. The SMILES string of the molecule is CC(C)c1nnsc1C(=O)NC(C#N)c1ccccc1. The summed E-state index contributed by atoms with van der Waals surface area (Å²) < 4.78 is 3.82. The Bertz CT molecular complexity index is 630. The van der Waals surface area contributed by atoms with E-state index in [9.17, 15) is 10.1 Å². The molecule has 0 saturated carbocycles. The Morgan fingerprint density at radius 2 is 2.05 bits per heavy atom.